The van der Waals surface area contributed by atoms with Crippen LogP contribution in [-0.4, -0.2) is 9.55 Å². The van der Waals surface area contributed by atoms with Crippen LogP contribution in [0, 0.1) is 4.91 Å². The van der Waals surface area contributed by atoms with Crippen molar-refractivity contribution in [3.05, 3.63) is 96.4 Å². The summed E-state index contributed by atoms with van der Waals surface area (Å²) in [6.07, 6.45) is 3.83. The van der Waals surface area contributed by atoms with Crippen LogP contribution in [0.3, 0.4) is 0 Å². The molecule has 0 aliphatic heterocycles. The molecule has 0 saturated carbocycles. The van der Waals surface area contributed by atoms with E-state index >= 15 is 0 Å². The molecule has 27 heavy (non-hydrogen) atoms. The van der Waals surface area contributed by atoms with Crippen LogP contribution in [0.25, 0.3) is 23.6 Å². The Hall–Kier alpha value is -3.25. The smallest absolute Gasteiger partial charge is 0.266 e. The average molecular weight is 375 g/mol. The summed E-state index contributed by atoms with van der Waals surface area (Å²) in [5.74, 6) is 0. The number of hydrogen-bond acceptors (Lipinski definition) is 4. The summed E-state index contributed by atoms with van der Waals surface area (Å²) in [7, 11) is 0. The molecule has 4 rings (SSSR count). The number of nitrogens with zero attached hydrogens (tertiary/aromatic N) is 2. The van der Waals surface area contributed by atoms with E-state index in [1.165, 1.54) is 11.3 Å². The van der Waals surface area contributed by atoms with Gasteiger partial charge in [0.15, 0.2) is 0 Å². The second kappa shape index (κ2) is 7.17. The lowest BCUT2D eigenvalue weighted by Gasteiger charge is -2.12. The van der Waals surface area contributed by atoms with Crippen LogP contribution in [0.15, 0.2) is 70.8 Å². The number of fused-ring (bicyclic) bond motifs is 1. The molecular weight excluding hydrogens is 358 g/mol. The first kappa shape index (κ1) is 17.2. The molecule has 2 aromatic heterocycles. The normalized spacial score (nSPS) is 13.1. The van der Waals surface area contributed by atoms with E-state index in [1.807, 2.05) is 71.4 Å². The number of benzene rings is 2. The monoisotopic (exact) mass is 375 g/mol. The number of aromatic nitrogens is 2. The number of nitroso groups, excluding NO2 is 1. The fourth-order valence-electron chi connectivity index (χ4n) is 3.22. The summed E-state index contributed by atoms with van der Waals surface area (Å²) in [4.78, 5) is 26.1. The Kier molecular flexibility index (Phi) is 4.56. The topological polar surface area (TPSA) is 67.2 Å². The maximum absolute atomic E-state index is 12.0. The lowest BCUT2D eigenvalue weighted by Crippen LogP contribution is -2.19. The SMILES string of the molecule is C=c1[nH]c(=O)/c(=C/c2cccc3c2ccn3CC(N=O)c2ccccc2)s1. The highest BCUT2D eigenvalue weighted by Gasteiger charge is 2.14. The third-order valence-electron chi connectivity index (χ3n) is 4.53. The molecule has 4 aromatic rings. The Morgan fingerprint density at radius 1 is 1.15 bits per heavy atom. The highest BCUT2D eigenvalue weighted by atomic mass is 32.1. The summed E-state index contributed by atoms with van der Waals surface area (Å²) in [6.45, 7) is 4.24. The maximum Gasteiger partial charge on any atom is 0.266 e. The second-order valence-corrected chi connectivity index (χ2v) is 7.40. The summed E-state index contributed by atoms with van der Waals surface area (Å²) in [5.41, 5.74) is 2.71. The number of aromatic amines is 1. The van der Waals surface area contributed by atoms with Gasteiger partial charge in [0.1, 0.15) is 6.04 Å². The number of nitrogens with one attached hydrogen (secondary N) is 1. The van der Waals surface area contributed by atoms with Crippen LogP contribution < -0.4 is 14.8 Å². The lowest BCUT2D eigenvalue weighted by molar-refractivity contribution is 0.590. The molecule has 1 unspecified atom stereocenters. The van der Waals surface area contributed by atoms with Crippen molar-refractivity contribution in [2.45, 2.75) is 12.6 Å². The molecule has 1 N–H and O–H groups in total. The van der Waals surface area contributed by atoms with Crippen molar-refractivity contribution in [3.8, 4) is 0 Å². The molecule has 0 saturated heterocycles. The molecule has 0 fully saturated rings. The lowest BCUT2D eigenvalue weighted by atomic mass is 10.1. The van der Waals surface area contributed by atoms with Gasteiger partial charge in [0.2, 0.25) is 0 Å². The van der Waals surface area contributed by atoms with Gasteiger partial charge in [0, 0.05) is 17.1 Å². The fraction of sp³-hybridized carbons (Fsp3) is 0.0952. The fourth-order valence-corrected chi connectivity index (χ4v) is 3.96. The minimum absolute atomic E-state index is 0.129. The van der Waals surface area contributed by atoms with Gasteiger partial charge in [-0.25, -0.2) is 0 Å². The molecule has 0 amide bonds. The Morgan fingerprint density at radius 2 is 1.96 bits per heavy atom. The summed E-state index contributed by atoms with van der Waals surface area (Å²) in [5, 5.41) is 4.34. The van der Waals surface area contributed by atoms with E-state index in [4.69, 9.17) is 0 Å². The highest BCUT2D eigenvalue weighted by molar-refractivity contribution is 7.07. The second-order valence-electron chi connectivity index (χ2n) is 6.27. The van der Waals surface area contributed by atoms with Crippen molar-refractivity contribution in [1.29, 1.82) is 0 Å². The molecule has 0 bridgehead atoms. The first-order chi connectivity index (χ1) is 13.2. The predicted molar refractivity (Wildman–Crippen MR) is 110 cm³/mol. The van der Waals surface area contributed by atoms with E-state index in [9.17, 15) is 9.70 Å². The van der Waals surface area contributed by atoms with Gasteiger partial charge in [-0.05, 0) is 29.3 Å². The van der Waals surface area contributed by atoms with Crippen LogP contribution in [0.1, 0.15) is 17.2 Å². The van der Waals surface area contributed by atoms with Gasteiger partial charge >= 0.3 is 0 Å². The van der Waals surface area contributed by atoms with Crippen molar-refractivity contribution < 1.29 is 0 Å². The number of thiazole rings is 1. The average Bonchev–Trinajstić information content (AvgIpc) is 3.23. The number of rotatable bonds is 5. The van der Waals surface area contributed by atoms with Crippen LogP contribution in [0.5, 0.6) is 0 Å². The largest absolute Gasteiger partial charge is 0.345 e. The van der Waals surface area contributed by atoms with Crippen molar-refractivity contribution in [1.82, 2.24) is 9.55 Å². The van der Waals surface area contributed by atoms with Gasteiger partial charge in [-0.2, -0.15) is 4.91 Å². The van der Waals surface area contributed by atoms with Crippen LogP contribution >= 0.6 is 11.3 Å². The van der Waals surface area contributed by atoms with Crippen LogP contribution in [0.2, 0.25) is 0 Å². The summed E-state index contributed by atoms with van der Waals surface area (Å²) < 4.78 is 3.28. The van der Waals surface area contributed by atoms with Gasteiger partial charge in [0.25, 0.3) is 5.56 Å². The Morgan fingerprint density at radius 3 is 2.67 bits per heavy atom. The molecular formula is C21H17N3O2S. The summed E-state index contributed by atoms with van der Waals surface area (Å²) in [6, 6.07) is 17.0. The Bertz CT molecular complexity index is 1270. The van der Waals surface area contributed by atoms with E-state index in [1.54, 1.807) is 0 Å². The maximum atomic E-state index is 12.0. The van der Waals surface area contributed by atoms with E-state index in [0.717, 1.165) is 22.0 Å². The van der Waals surface area contributed by atoms with Gasteiger partial charge < -0.3 is 9.55 Å². The number of hydrogen-bond donors (Lipinski definition) is 1. The molecule has 2 heterocycles. The molecule has 0 aliphatic carbocycles. The van der Waals surface area contributed by atoms with Crippen LogP contribution in [-0.2, 0) is 6.54 Å². The molecule has 0 aliphatic rings. The first-order valence-corrected chi connectivity index (χ1v) is 9.32. The highest BCUT2D eigenvalue weighted by Crippen LogP contribution is 2.25. The Balaban J connectivity index is 1.76. The van der Waals surface area contributed by atoms with E-state index in [-0.39, 0.29) is 5.56 Å². The minimum Gasteiger partial charge on any atom is -0.345 e. The molecule has 6 heteroatoms. The Labute approximate surface area is 158 Å². The van der Waals surface area contributed by atoms with Gasteiger partial charge in [-0.1, -0.05) is 54.2 Å². The molecule has 0 radical (unpaired) electrons. The summed E-state index contributed by atoms with van der Waals surface area (Å²) >= 11 is 1.34. The van der Waals surface area contributed by atoms with Crippen molar-refractivity contribution in [2.75, 3.05) is 0 Å². The zero-order chi connectivity index (χ0) is 18.8. The van der Waals surface area contributed by atoms with E-state index in [0.29, 0.717) is 15.7 Å². The third kappa shape index (κ3) is 3.39. The van der Waals surface area contributed by atoms with E-state index in [2.05, 4.69) is 16.7 Å². The van der Waals surface area contributed by atoms with Crippen LogP contribution in [0.4, 0.5) is 0 Å². The zero-order valence-corrected chi connectivity index (χ0v) is 15.3. The van der Waals surface area contributed by atoms with Crippen molar-refractivity contribution in [2.24, 2.45) is 5.18 Å². The molecule has 0 spiro atoms. The van der Waals surface area contributed by atoms with E-state index < -0.39 is 6.04 Å². The zero-order valence-electron chi connectivity index (χ0n) is 14.5. The molecule has 1 atom stereocenters. The molecule has 134 valence electrons. The molecule has 5 nitrogen and oxygen atoms in total. The quantitative estimate of drug-likeness (QED) is 0.545. The standard InChI is InChI=1S/C21H17N3O2S/c1-14-22-21(25)20(27-14)12-16-8-5-9-19-17(16)10-11-24(19)13-18(23-26)15-6-3-2-4-7-15/h2-12,18H,1,13H2,(H,22,25)/b20-12-. The van der Waals surface area contributed by atoms with Crippen molar-refractivity contribution in [3.63, 3.8) is 0 Å². The van der Waals surface area contributed by atoms with Crippen molar-refractivity contribution >= 4 is 34.9 Å². The predicted octanol–water partition coefficient (Wildman–Crippen LogP) is 3.14. The van der Waals surface area contributed by atoms with Gasteiger partial charge in [0.05, 0.1) is 15.7 Å². The van der Waals surface area contributed by atoms with Gasteiger partial charge in [-0.15, -0.1) is 11.3 Å². The minimum atomic E-state index is -0.455. The van der Waals surface area contributed by atoms with Gasteiger partial charge in [-0.3, -0.25) is 4.79 Å². The number of H-pyrrole nitrogens is 1. The third-order valence-corrected chi connectivity index (χ3v) is 5.40. The molecule has 2 aromatic carbocycles. The first-order valence-electron chi connectivity index (χ1n) is 8.51.